The van der Waals surface area contributed by atoms with E-state index in [1.54, 1.807) is 60.7 Å². The number of Topliss-reactive ketones (excluding diaryl/α,β-unsaturated/α-hetero) is 4. The van der Waals surface area contributed by atoms with E-state index in [0.29, 0.717) is 35.4 Å². The van der Waals surface area contributed by atoms with Crippen molar-refractivity contribution >= 4 is 69.9 Å². The molecular formula is C43H20F4N2O8S2. The molecular weight excluding hydrogens is 813 g/mol. The summed E-state index contributed by atoms with van der Waals surface area (Å²) in [6, 6.07) is 19.5. The lowest BCUT2D eigenvalue weighted by Gasteiger charge is -2.24. The molecule has 2 heterocycles. The van der Waals surface area contributed by atoms with Gasteiger partial charge in [0.25, 0.3) is 5.41 Å². The number of rotatable bonds is 8. The first kappa shape index (κ1) is 37.5. The predicted octanol–water partition coefficient (Wildman–Crippen LogP) is 7.83. The highest BCUT2D eigenvalue weighted by Crippen LogP contribution is 2.55. The first-order chi connectivity index (χ1) is 28.4. The Morgan fingerprint density at radius 1 is 0.542 bits per heavy atom. The second-order valence-corrected chi connectivity index (χ2v) is 15.5. The summed E-state index contributed by atoms with van der Waals surface area (Å²) in [6.45, 7) is -0.633. The summed E-state index contributed by atoms with van der Waals surface area (Å²) in [5, 5.41) is -0.146. The topological polar surface area (TPSA) is 147 Å². The number of carbonyl (C=O) groups is 6. The number of benzene rings is 4. The Kier molecular flexibility index (Phi) is 8.97. The smallest absolute Gasteiger partial charge is 0.336 e. The molecule has 0 saturated heterocycles. The van der Waals surface area contributed by atoms with E-state index in [1.165, 1.54) is 0 Å². The SMILES string of the molecule is O=C1C(=Cc2nc3c(s2)-c2sc(C=C4C(=O)c5cc(F)c(F)cc5C4=O)nc2C3(C(=O)OCc2ccccc2)C(=O)OCc2ccccc2)C(=O)c2cc(F)c(F)cc21. The minimum Gasteiger partial charge on any atom is -0.459 e. The van der Waals surface area contributed by atoms with Crippen molar-refractivity contribution < 1.29 is 55.8 Å². The molecule has 0 amide bonds. The molecule has 0 radical (unpaired) electrons. The summed E-state index contributed by atoms with van der Waals surface area (Å²) >= 11 is 1.67. The standard InChI is InChI=1S/C43H20F4N2O8S2/c44-27-11-21-22(12-28(27)45)34(51)25(33(21)50)15-31-48-39-37(58-31)38-40(49-32(59-38)16-26-35(52)23-13-29(46)30(47)14-24(23)36(26)53)43(39,41(54)56-17-19-7-3-1-4-8-19)42(55)57-18-20-9-5-2-6-10-20/h1-16H,17-18H2. The largest absolute Gasteiger partial charge is 0.459 e. The number of allylic oxidation sites excluding steroid dienone is 2. The maximum Gasteiger partial charge on any atom is 0.336 e. The van der Waals surface area contributed by atoms with Gasteiger partial charge in [0.2, 0.25) is 0 Å². The second kappa shape index (κ2) is 14.1. The van der Waals surface area contributed by atoms with Gasteiger partial charge in [-0.05, 0) is 47.5 Å². The number of thiazole rings is 2. The molecule has 59 heavy (non-hydrogen) atoms. The molecule has 9 rings (SSSR count). The molecule has 0 saturated carbocycles. The molecule has 4 aromatic carbocycles. The Morgan fingerprint density at radius 3 is 1.19 bits per heavy atom. The highest BCUT2D eigenvalue weighted by molar-refractivity contribution is 7.23. The Bertz CT molecular complexity index is 2670. The van der Waals surface area contributed by atoms with Crippen LogP contribution in [0.25, 0.3) is 21.9 Å². The fourth-order valence-corrected chi connectivity index (χ4v) is 9.26. The van der Waals surface area contributed by atoms with Gasteiger partial charge in [0.15, 0.2) is 46.4 Å². The second-order valence-electron chi connectivity index (χ2n) is 13.4. The summed E-state index contributed by atoms with van der Waals surface area (Å²) in [6.07, 6.45) is 2.15. The summed E-state index contributed by atoms with van der Waals surface area (Å²) in [4.78, 5) is 92.0. The molecule has 0 N–H and O–H groups in total. The van der Waals surface area contributed by atoms with Gasteiger partial charge >= 0.3 is 11.9 Å². The van der Waals surface area contributed by atoms with E-state index < -0.39 is 74.9 Å². The number of ether oxygens (including phenoxy) is 2. The van der Waals surface area contributed by atoms with Gasteiger partial charge in [-0.15, -0.1) is 22.7 Å². The average Bonchev–Trinajstić information content (AvgIpc) is 4.00. The third-order valence-corrected chi connectivity index (χ3v) is 12.0. The van der Waals surface area contributed by atoms with Crippen LogP contribution in [0.15, 0.2) is 96.1 Å². The Labute approximate surface area is 337 Å². The number of ketones is 4. The summed E-state index contributed by atoms with van der Waals surface area (Å²) < 4.78 is 68.0. The molecule has 0 atom stereocenters. The average molecular weight is 833 g/mol. The van der Waals surface area contributed by atoms with Gasteiger partial charge < -0.3 is 9.47 Å². The maximum absolute atomic E-state index is 14.7. The van der Waals surface area contributed by atoms with E-state index in [1.807, 2.05) is 0 Å². The molecule has 2 aromatic heterocycles. The molecule has 0 unspecified atom stereocenters. The monoisotopic (exact) mass is 832 g/mol. The lowest BCUT2D eigenvalue weighted by atomic mass is 9.84. The lowest BCUT2D eigenvalue weighted by Crippen LogP contribution is -2.46. The van der Waals surface area contributed by atoms with Crippen LogP contribution < -0.4 is 0 Å². The van der Waals surface area contributed by atoms with E-state index >= 15 is 0 Å². The van der Waals surface area contributed by atoms with Crippen molar-refractivity contribution in [3.63, 3.8) is 0 Å². The minimum atomic E-state index is -2.56. The van der Waals surface area contributed by atoms with Crippen LogP contribution in [0, 0.1) is 23.3 Å². The number of fused-ring (bicyclic) bond motifs is 5. The van der Waals surface area contributed by atoms with Crippen LogP contribution in [-0.4, -0.2) is 45.0 Å². The summed E-state index contributed by atoms with van der Waals surface area (Å²) in [5.74, 6) is -11.3. The maximum atomic E-state index is 14.7. The third-order valence-electron chi connectivity index (χ3n) is 9.86. The number of hydrogen-bond acceptors (Lipinski definition) is 12. The molecule has 0 fully saturated rings. The van der Waals surface area contributed by atoms with Crippen molar-refractivity contribution in [2.24, 2.45) is 0 Å². The molecule has 0 spiro atoms. The quantitative estimate of drug-likeness (QED) is 0.0489. The van der Waals surface area contributed by atoms with Crippen LogP contribution in [0.5, 0.6) is 0 Å². The minimum absolute atomic E-state index is 0.0730. The Morgan fingerprint density at radius 2 is 0.864 bits per heavy atom. The molecule has 3 aliphatic carbocycles. The third kappa shape index (κ3) is 5.98. The van der Waals surface area contributed by atoms with E-state index in [9.17, 15) is 46.3 Å². The molecule has 0 aliphatic heterocycles. The number of carbonyl (C=O) groups excluding carboxylic acids is 6. The highest BCUT2D eigenvalue weighted by Gasteiger charge is 2.63. The first-order valence-electron chi connectivity index (χ1n) is 17.4. The number of halogens is 4. The zero-order chi connectivity index (χ0) is 41.3. The highest BCUT2D eigenvalue weighted by atomic mass is 32.1. The normalized spacial score (nSPS) is 14.6. The van der Waals surface area contributed by atoms with Gasteiger partial charge in [-0.2, -0.15) is 0 Å². The molecule has 290 valence electrons. The fraction of sp³-hybridized carbons (Fsp3) is 0.0698. The molecule has 10 nitrogen and oxygen atoms in total. The van der Waals surface area contributed by atoms with E-state index in [4.69, 9.17) is 9.47 Å². The first-order valence-corrected chi connectivity index (χ1v) is 19.1. The van der Waals surface area contributed by atoms with Crippen molar-refractivity contribution in [2.45, 2.75) is 18.6 Å². The number of hydrogen-bond donors (Lipinski definition) is 0. The van der Waals surface area contributed by atoms with Crippen LogP contribution in [-0.2, 0) is 37.7 Å². The van der Waals surface area contributed by atoms with E-state index in [-0.39, 0.29) is 66.6 Å². The van der Waals surface area contributed by atoms with Gasteiger partial charge in [0, 0.05) is 22.3 Å². The van der Waals surface area contributed by atoms with Crippen molar-refractivity contribution in [3.8, 4) is 9.75 Å². The van der Waals surface area contributed by atoms with Crippen molar-refractivity contribution in [3.05, 3.63) is 174 Å². The summed E-state index contributed by atoms with van der Waals surface area (Å²) in [7, 11) is 0. The van der Waals surface area contributed by atoms with Crippen molar-refractivity contribution in [1.29, 1.82) is 0 Å². The Balaban J connectivity index is 1.20. The lowest BCUT2D eigenvalue weighted by molar-refractivity contribution is -0.164. The molecule has 0 bridgehead atoms. The number of aromatic nitrogens is 2. The fourth-order valence-electron chi connectivity index (χ4n) is 7.00. The summed E-state index contributed by atoms with van der Waals surface area (Å²) in [5.41, 5.74) is -4.33. The van der Waals surface area contributed by atoms with Crippen molar-refractivity contribution in [1.82, 2.24) is 9.97 Å². The van der Waals surface area contributed by atoms with Gasteiger partial charge in [0.1, 0.15) is 23.2 Å². The zero-order valence-electron chi connectivity index (χ0n) is 29.6. The molecule has 6 aromatic rings. The van der Waals surface area contributed by atoms with Crippen LogP contribution in [0.3, 0.4) is 0 Å². The Hall–Kier alpha value is -7.04. The number of esters is 2. The van der Waals surface area contributed by atoms with Crippen LogP contribution in [0.1, 0.15) is 74.0 Å². The van der Waals surface area contributed by atoms with E-state index in [2.05, 4.69) is 9.97 Å². The molecule has 16 heteroatoms. The zero-order valence-corrected chi connectivity index (χ0v) is 31.3. The van der Waals surface area contributed by atoms with Crippen molar-refractivity contribution in [2.75, 3.05) is 0 Å². The van der Waals surface area contributed by atoms with Crippen LogP contribution >= 0.6 is 22.7 Å². The van der Waals surface area contributed by atoms with Crippen LogP contribution in [0.4, 0.5) is 17.6 Å². The van der Waals surface area contributed by atoms with Gasteiger partial charge in [0.05, 0.1) is 32.3 Å². The van der Waals surface area contributed by atoms with Gasteiger partial charge in [-0.1, -0.05) is 60.7 Å². The van der Waals surface area contributed by atoms with Gasteiger partial charge in [-0.25, -0.2) is 37.1 Å². The molecule has 3 aliphatic rings. The van der Waals surface area contributed by atoms with Gasteiger partial charge in [-0.3, -0.25) is 19.2 Å². The van der Waals surface area contributed by atoms with E-state index in [0.717, 1.165) is 34.8 Å². The number of nitrogens with zero attached hydrogens (tertiary/aromatic N) is 2. The predicted molar refractivity (Wildman–Crippen MR) is 202 cm³/mol. The van der Waals surface area contributed by atoms with Crippen LogP contribution in [0.2, 0.25) is 0 Å².